The van der Waals surface area contributed by atoms with Crippen LogP contribution in [0.5, 0.6) is 0 Å². The highest BCUT2D eigenvalue weighted by Gasteiger charge is 2.50. The molecule has 0 spiro atoms. The predicted octanol–water partition coefficient (Wildman–Crippen LogP) is 1.87. The van der Waals surface area contributed by atoms with E-state index in [1.54, 1.807) is 0 Å². The molecule has 0 radical (unpaired) electrons. The Morgan fingerprint density at radius 3 is 2.21 bits per heavy atom. The Kier molecular flexibility index (Phi) is 8.04. The number of nitrogens with zero attached hydrogens (tertiary/aromatic N) is 2. The molecule has 142 valence electrons. The molecule has 6 nitrogen and oxygen atoms in total. The lowest BCUT2D eigenvalue weighted by atomic mass is 9.86. The summed E-state index contributed by atoms with van der Waals surface area (Å²) in [5.74, 6) is 1.06. The summed E-state index contributed by atoms with van der Waals surface area (Å²) in [5, 5.41) is 2.98. The third-order valence-corrected chi connectivity index (χ3v) is 6.15. The second-order valence-corrected chi connectivity index (χ2v) is 8.13. The summed E-state index contributed by atoms with van der Waals surface area (Å²) in [5.41, 5.74) is 0.530. The minimum absolute atomic E-state index is 0. The topological polar surface area (TPSA) is 87.8 Å². The van der Waals surface area contributed by atoms with Gasteiger partial charge in [0.25, 0.3) is 0 Å². The Hall–Kier alpha value is -0.300. The molecule has 0 amide bonds. The van der Waals surface area contributed by atoms with Crippen LogP contribution in [0.15, 0.2) is 4.99 Å². The largest absolute Gasteiger partial charge is 0.511 e. The normalized spacial score (nSPS) is 21.9. The number of alkyl halides is 3. The van der Waals surface area contributed by atoms with E-state index in [2.05, 4.69) is 10.3 Å². The van der Waals surface area contributed by atoms with Crippen LogP contribution in [-0.2, 0) is 10.0 Å². The molecule has 0 atom stereocenters. The van der Waals surface area contributed by atoms with E-state index in [1.165, 1.54) is 19.3 Å². The van der Waals surface area contributed by atoms with Crippen LogP contribution >= 0.6 is 24.0 Å². The van der Waals surface area contributed by atoms with Crippen molar-refractivity contribution in [3.05, 3.63) is 0 Å². The van der Waals surface area contributed by atoms with Gasteiger partial charge in [0.15, 0.2) is 5.96 Å². The molecule has 1 aliphatic heterocycles. The molecule has 1 aliphatic carbocycles. The van der Waals surface area contributed by atoms with Gasteiger partial charge in [-0.2, -0.15) is 17.5 Å². The number of guanidine groups is 1. The quantitative estimate of drug-likeness (QED) is 0.355. The first-order valence-electron chi connectivity index (χ1n) is 7.80. The number of piperidine rings is 1. The van der Waals surface area contributed by atoms with Crippen LogP contribution in [-0.4, -0.2) is 50.4 Å². The van der Waals surface area contributed by atoms with Gasteiger partial charge in [-0.3, -0.25) is 4.99 Å². The maximum absolute atomic E-state index is 12.5. The summed E-state index contributed by atoms with van der Waals surface area (Å²) in [4.78, 5) is 4.25. The van der Waals surface area contributed by atoms with Crippen molar-refractivity contribution in [3.8, 4) is 0 Å². The Labute approximate surface area is 157 Å². The lowest BCUT2D eigenvalue weighted by Gasteiger charge is -2.31. The van der Waals surface area contributed by atoms with Gasteiger partial charge in [-0.1, -0.05) is 6.42 Å². The molecular weight excluding hydrogens is 460 g/mol. The molecule has 0 aromatic heterocycles. The Bertz CT molecular complexity index is 530. The van der Waals surface area contributed by atoms with E-state index < -0.39 is 15.5 Å². The number of aliphatic imine (C=N–C) groups is 1. The smallest absolute Gasteiger partial charge is 0.370 e. The summed E-state index contributed by atoms with van der Waals surface area (Å²) in [7, 11) is -5.20. The average Bonchev–Trinajstić information content (AvgIpc) is 2.42. The van der Waals surface area contributed by atoms with Crippen LogP contribution in [0.25, 0.3) is 0 Å². The maximum atomic E-state index is 12.5. The number of halogens is 4. The third kappa shape index (κ3) is 5.61. The van der Waals surface area contributed by atoms with E-state index in [1.807, 2.05) is 0 Å². The lowest BCUT2D eigenvalue weighted by molar-refractivity contribution is -0.0496. The van der Waals surface area contributed by atoms with Gasteiger partial charge in [-0.05, 0) is 37.5 Å². The number of rotatable bonds is 5. The molecule has 0 unspecified atom stereocenters. The minimum atomic E-state index is -5.23. The lowest BCUT2D eigenvalue weighted by Crippen LogP contribution is -2.46. The van der Waals surface area contributed by atoms with Crippen molar-refractivity contribution < 1.29 is 21.6 Å². The van der Waals surface area contributed by atoms with E-state index in [0.29, 0.717) is 42.1 Å². The van der Waals surface area contributed by atoms with Crippen LogP contribution in [0.1, 0.15) is 32.1 Å². The first-order chi connectivity index (χ1) is 10.7. The monoisotopic (exact) mass is 484 g/mol. The minimum Gasteiger partial charge on any atom is -0.370 e. The highest BCUT2D eigenvalue weighted by molar-refractivity contribution is 14.0. The number of hydrogen-bond donors (Lipinski definition) is 2. The third-order valence-electron chi connectivity index (χ3n) is 4.52. The zero-order valence-electron chi connectivity index (χ0n) is 13.3. The van der Waals surface area contributed by atoms with Crippen molar-refractivity contribution in [2.45, 2.75) is 37.6 Å². The molecule has 1 saturated carbocycles. The molecule has 1 saturated heterocycles. The van der Waals surface area contributed by atoms with Crippen LogP contribution in [0.3, 0.4) is 0 Å². The predicted molar refractivity (Wildman–Crippen MR) is 96.5 cm³/mol. The number of sulfonamides is 1. The van der Waals surface area contributed by atoms with Gasteiger partial charge in [-0.15, -0.1) is 24.0 Å². The summed E-state index contributed by atoms with van der Waals surface area (Å²) in [6.45, 7) is 0.974. The molecule has 1 heterocycles. The van der Waals surface area contributed by atoms with Gasteiger partial charge in [-0.25, -0.2) is 8.42 Å². The van der Waals surface area contributed by atoms with Crippen molar-refractivity contribution in [2.24, 2.45) is 22.6 Å². The Balaban J connectivity index is 0.00000288. The van der Waals surface area contributed by atoms with Gasteiger partial charge >= 0.3 is 15.5 Å². The molecule has 2 rings (SSSR count). The van der Waals surface area contributed by atoms with Crippen LogP contribution in [0.4, 0.5) is 13.2 Å². The van der Waals surface area contributed by atoms with Crippen molar-refractivity contribution >= 4 is 40.0 Å². The Morgan fingerprint density at radius 2 is 1.75 bits per heavy atom. The fraction of sp³-hybridized carbons (Fsp3) is 0.923. The highest BCUT2D eigenvalue weighted by Crippen LogP contribution is 2.30. The van der Waals surface area contributed by atoms with Gasteiger partial charge < -0.3 is 11.1 Å². The first-order valence-corrected chi connectivity index (χ1v) is 9.24. The van der Waals surface area contributed by atoms with E-state index >= 15 is 0 Å². The van der Waals surface area contributed by atoms with Crippen molar-refractivity contribution in [1.29, 1.82) is 0 Å². The summed E-state index contributed by atoms with van der Waals surface area (Å²) < 4.78 is 60.6. The summed E-state index contributed by atoms with van der Waals surface area (Å²) in [6, 6.07) is 0. The number of nitrogens with one attached hydrogen (secondary N) is 1. The van der Waals surface area contributed by atoms with Crippen molar-refractivity contribution in [1.82, 2.24) is 9.62 Å². The van der Waals surface area contributed by atoms with E-state index in [-0.39, 0.29) is 43.0 Å². The Morgan fingerprint density at radius 1 is 1.17 bits per heavy atom. The molecule has 3 N–H and O–H groups in total. The average molecular weight is 484 g/mol. The van der Waals surface area contributed by atoms with E-state index in [0.717, 1.165) is 0 Å². The number of nitrogens with two attached hydrogens (primary N) is 1. The van der Waals surface area contributed by atoms with Gasteiger partial charge in [0.1, 0.15) is 0 Å². The standard InChI is InChI=1S/C13H23F3N4O2S.HI/c14-13(15,16)23(21,22)20-6-4-11(5-7-20)9-19-12(17)18-8-10-2-1-3-10;/h10-11H,1-9H2,(H3,17,18,19);1H. The highest BCUT2D eigenvalue weighted by atomic mass is 127. The van der Waals surface area contributed by atoms with Gasteiger partial charge in [0, 0.05) is 26.2 Å². The van der Waals surface area contributed by atoms with Crippen molar-refractivity contribution in [2.75, 3.05) is 26.2 Å². The molecule has 0 aromatic carbocycles. The van der Waals surface area contributed by atoms with Gasteiger partial charge in [0.05, 0.1) is 0 Å². The van der Waals surface area contributed by atoms with Crippen LogP contribution in [0.2, 0.25) is 0 Å². The zero-order valence-corrected chi connectivity index (χ0v) is 16.4. The van der Waals surface area contributed by atoms with E-state index in [4.69, 9.17) is 5.73 Å². The van der Waals surface area contributed by atoms with Crippen molar-refractivity contribution in [3.63, 3.8) is 0 Å². The zero-order chi connectivity index (χ0) is 17.1. The molecular formula is C13H24F3IN4O2S. The SMILES string of the molecule is I.NC(=NCC1CCC1)NCC1CCN(S(=O)(=O)C(F)(F)F)CC1. The molecule has 24 heavy (non-hydrogen) atoms. The number of hydrogen-bond acceptors (Lipinski definition) is 3. The second-order valence-electron chi connectivity index (χ2n) is 6.20. The van der Waals surface area contributed by atoms with Gasteiger partial charge in [0.2, 0.25) is 0 Å². The first kappa shape index (κ1) is 21.7. The van der Waals surface area contributed by atoms with E-state index in [9.17, 15) is 21.6 Å². The molecule has 11 heteroatoms. The summed E-state index contributed by atoms with van der Waals surface area (Å²) >= 11 is 0. The van der Waals surface area contributed by atoms with Crippen LogP contribution < -0.4 is 11.1 Å². The van der Waals surface area contributed by atoms with Crippen LogP contribution in [0, 0.1) is 11.8 Å². The molecule has 0 bridgehead atoms. The maximum Gasteiger partial charge on any atom is 0.511 e. The molecule has 0 aromatic rings. The fourth-order valence-electron chi connectivity index (χ4n) is 2.71. The molecule has 2 fully saturated rings. The molecule has 2 aliphatic rings. The second kappa shape index (κ2) is 8.88. The summed E-state index contributed by atoms with van der Waals surface area (Å²) in [6.07, 6.45) is 4.36. The fourth-order valence-corrected chi connectivity index (χ4v) is 3.69.